The van der Waals surface area contributed by atoms with E-state index >= 15 is 0 Å². The lowest BCUT2D eigenvalue weighted by Crippen LogP contribution is -2.37. The van der Waals surface area contributed by atoms with Crippen LogP contribution in [0.1, 0.15) is 45.0 Å². The fourth-order valence-electron chi connectivity index (χ4n) is 2.58. The molecule has 0 unspecified atom stereocenters. The number of ether oxygens (including phenoxy) is 1. The molecule has 0 bridgehead atoms. The Kier molecular flexibility index (Phi) is 4.96. The molecule has 0 spiro atoms. The van der Waals surface area contributed by atoms with E-state index in [-0.39, 0.29) is 11.9 Å². The average Bonchev–Trinajstić information content (AvgIpc) is 2.93. The molecule has 106 valence electrons. The molecular weight excluding hydrogens is 242 g/mol. The van der Waals surface area contributed by atoms with Gasteiger partial charge in [0.2, 0.25) is 5.91 Å². The van der Waals surface area contributed by atoms with Gasteiger partial charge in [0.25, 0.3) is 0 Å². The molecule has 1 aromatic heterocycles. The molecule has 5 heteroatoms. The van der Waals surface area contributed by atoms with E-state index in [0.29, 0.717) is 12.3 Å². The van der Waals surface area contributed by atoms with Crippen molar-refractivity contribution in [1.29, 1.82) is 0 Å². The van der Waals surface area contributed by atoms with Gasteiger partial charge in [-0.15, -0.1) is 0 Å². The number of nitrogens with zero attached hydrogens (tertiary/aromatic N) is 2. The van der Waals surface area contributed by atoms with Crippen molar-refractivity contribution in [2.45, 2.75) is 45.7 Å². The fourth-order valence-corrected chi connectivity index (χ4v) is 2.58. The monoisotopic (exact) mass is 265 g/mol. The number of rotatable bonds is 5. The lowest BCUT2D eigenvalue weighted by molar-refractivity contribution is -0.122. The van der Waals surface area contributed by atoms with E-state index in [0.717, 1.165) is 38.4 Å². The molecule has 1 amide bonds. The summed E-state index contributed by atoms with van der Waals surface area (Å²) in [5.41, 5.74) is 0. The largest absolute Gasteiger partial charge is 0.381 e. The van der Waals surface area contributed by atoms with E-state index in [1.54, 1.807) is 0 Å². The van der Waals surface area contributed by atoms with E-state index in [1.165, 1.54) is 0 Å². The summed E-state index contributed by atoms with van der Waals surface area (Å²) in [6.45, 7) is 6.39. The second-order valence-corrected chi connectivity index (χ2v) is 4.92. The van der Waals surface area contributed by atoms with Gasteiger partial charge in [-0.2, -0.15) is 0 Å². The van der Waals surface area contributed by atoms with Gasteiger partial charge >= 0.3 is 0 Å². The van der Waals surface area contributed by atoms with Gasteiger partial charge in [0.15, 0.2) is 0 Å². The minimum absolute atomic E-state index is 0.00583. The molecule has 1 fully saturated rings. The number of hydrogen-bond donors (Lipinski definition) is 1. The Morgan fingerprint density at radius 1 is 1.53 bits per heavy atom. The van der Waals surface area contributed by atoms with E-state index in [2.05, 4.69) is 21.8 Å². The first-order valence-corrected chi connectivity index (χ1v) is 7.14. The molecule has 1 aliphatic rings. The molecule has 5 nitrogen and oxygen atoms in total. The molecule has 2 heterocycles. The molecule has 0 aliphatic carbocycles. The SMILES string of the molecule is CCC(=O)N[C@@H](c1nccn1CC)C1CCOCC1. The summed E-state index contributed by atoms with van der Waals surface area (Å²) in [5.74, 6) is 1.47. The number of nitrogens with one attached hydrogen (secondary N) is 1. The van der Waals surface area contributed by atoms with Gasteiger partial charge in [0, 0.05) is 38.6 Å². The van der Waals surface area contributed by atoms with Crippen molar-refractivity contribution in [2.75, 3.05) is 13.2 Å². The molecule has 19 heavy (non-hydrogen) atoms. The summed E-state index contributed by atoms with van der Waals surface area (Å²) in [4.78, 5) is 16.2. The summed E-state index contributed by atoms with van der Waals surface area (Å²) < 4.78 is 7.52. The predicted molar refractivity (Wildman–Crippen MR) is 72.6 cm³/mol. The molecule has 0 saturated carbocycles. The van der Waals surface area contributed by atoms with Gasteiger partial charge in [0.1, 0.15) is 5.82 Å². The zero-order valence-electron chi connectivity index (χ0n) is 11.8. The summed E-state index contributed by atoms with van der Waals surface area (Å²) in [6.07, 6.45) is 6.24. The molecule has 1 saturated heterocycles. The van der Waals surface area contributed by atoms with Crippen LogP contribution < -0.4 is 5.32 Å². The quantitative estimate of drug-likeness (QED) is 0.884. The number of carbonyl (C=O) groups excluding carboxylic acids is 1. The Bertz CT molecular complexity index is 411. The highest BCUT2D eigenvalue weighted by Crippen LogP contribution is 2.29. The zero-order valence-corrected chi connectivity index (χ0v) is 11.8. The van der Waals surface area contributed by atoms with E-state index < -0.39 is 0 Å². The van der Waals surface area contributed by atoms with Gasteiger partial charge in [-0.3, -0.25) is 4.79 Å². The predicted octanol–water partition coefficient (Wildman–Crippen LogP) is 1.90. The van der Waals surface area contributed by atoms with Crippen molar-refractivity contribution in [3.8, 4) is 0 Å². The Morgan fingerprint density at radius 2 is 2.26 bits per heavy atom. The number of hydrogen-bond acceptors (Lipinski definition) is 3. The maximum absolute atomic E-state index is 11.8. The smallest absolute Gasteiger partial charge is 0.220 e. The zero-order chi connectivity index (χ0) is 13.7. The van der Waals surface area contributed by atoms with Crippen LogP contribution in [0.5, 0.6) is 0 Å². The van der Waals surface area contributed by atoms with Gasteiger partial charge in [-0.25, -0.2) is 4.98 Å². The van der Waals surface area contributed by atoms with Gasteiger partial charge in [0.05, 0.1) is 6.04 Å². The highest BCUT2D eigenvalue weighted by molar-refractivity contribution is 5.75. The third-order valence-corrected chi connectivity index (χ3v) is 3.74. The van der Waals surface area contributed by atoms with E-state index in [9.17, 15) is 4.79 Å². The lowest BCUT2D eigenvalue weighted by Gasteiger charge is -2.30. The van der Waals surface area contributed by atoms with Crippen molar-refractivity contribution in [3.63, 3.8) is 0 Å². The highest BCUT2D eigenvalue weighted by atomic mass is 16.5. The summed E-state index contributed by atoms with van der Waals surface area (Å²) in [5, 5.41) is 3.14. The first-order valence-electron chi connectivity index (χ1n) is 7.14. The highest BCUT2D eigenvalue weighted by Gasteiger charge is 2.29. The first-order chi connectivity index (χ1) is 9.26. The lowest BCUT2D eigenvalue weighted by atomic mass is 9.91. The van der Waals surface area contributed by atoms with Crippen molar-refractivity contribution in [3.05, 3.63) is 18.2 Å². The Hall–Kier alpha value is -1.36. The number of imidazole rings is 1. The van der Waals surface area contributed by atoms with Crippen LogP contribution in [0.2, 0.25) is 0 Å². The molecule has 1 N–H and O–H groups in total. The van der Waals surface area contributed by atoms with Crippen molar-refractivity contribution >= 4 is 5.91 Å². The second kappa shape index (κ2) is 6.70. The number of carbonyl (C=O) groups is 1. The average molecular weight is 265 g/mol. The third kappa shape index (κ3) is 3.35. The van der Waals surface area contributed by atoms with Crippen LogP contribution in [0.4, 0.5) is 0 Å². The minimum atomic E-state index is 0.00583. The molecule has 2 rings (SSSR count). The maximum Gasteiger partial charge on any atom is 0.220 e. The topological polar surface area (TPSA) is 56.2 Å². The first kappa shape index (κ1) is 14.1. The standard InChI is InChI=1S/C14H23N3O2/c1-3-12(18)16-13(11-5-9-19-10-6-11)14-15-7-8-17(14)4-2/h7-8,11,13H,3-6,9-10H2,1-2H3,(H,16,18)/t13-/m1/s1. The minimum Gasteiger partial charge on any atom is -0.381 e. The second-order valence-electron chi connectivity index (χ2n) is 4.92. The Labute approximate surface area is 114 Å². The molecule has 1 atom stereocenters. The van der Waals surface area contributed by atoms with Crippen LogP contribution in [-0.4, -0.2) is 28.7 Å². The summed E-state index contributed by atoms with van der Waals surface area (Å²) in [7, 11) is 0. The number of aryl methyl sites for hydroxylation is 1. The molecular formula is C14H23N3O2. The van der Waals surface area contributed by atoms with Crippen LogP contribution >= 0.6 is 0 Å². The third-order valence-electron chi connectivity index (χ3n) is 3.74. The van der Waals surface area contributed by atoms with Gasteiger partial charge < -0.3 is 14.6 Å². The van der Waals surface area contributed by atoms with Crippen LogP contribution in [0, 0.1) is 5.92 Å². The van der Waals surface area contributed by atoms with E-state index in [1.807, 2.05) is 19.3 Å². The molecule has 0 radical (unpaired) electrons. The summed E-state index contributed by atoms with van der Waals surface area (Å²) >= 11 is 0. The van der Waals surface area contributed by atoms with Crippen LogP contribution in [-0.2, 0) is 16.1 Å². The number of aromatic nitrogens is 2. The molecule has 0 aromatic carbocycles. The van der Waals surface area contributed by atoms with Gasteiger partial charge in [-0.1, -0.05) is 6.92 Å². The fraction of sp³-hybridized carbons (Fsp3) is 0.714. The number of amides is 1. The van der Waals surface area contributed by atoms with Crippen molar-refractivity contribution in [2.24, 2.45) is 5.92 Å². The molecule has 1 aromatic rings. The van der Waals surface area contributed by atoms with Gasteiger partial charge in [-0.05, 0) is 25.7 Å². The van der Waals surface area contributed by atoms with Crippen molar-refractivity contribution < 1.29 is 9.53 Å². The normalized spacial score (nSPS) is 18.2. The van der Waals surface area contributed by atoms with Crippen LogP contribution in [0.3, 0.4) is 0 Å². The Balaban J connectivity index is 2.19. The molecule has 1 aliphatic heterocycles. The maximum atomic E-state index is 11.8. The van der Waals surface area contributed by atoms with E-state index in [4.69, 9.17) is 4.74 Å². The summed E-state index contributed by atoms with van der Waals surface area (Å²) in [6, 6.07) is 0.00583. The van der Waals surface area contributed by atoms with Crippen molar-refractivity contribution in [1.82, 2.24) is 14.9 Å². The van der Waals surface area contributed by atoms with Crippen LogP contribution in [0.15, 0.2) is 12.4 Å². The van der Waals surface area contributed by atoms with Crippen LogP contribution in [0.25, 0.3) is 0 Å². The Morgan fingerprint density at radius 3 is 2.89 bits per heavy atom.